The van der Waals surface area contributed by atoms with Crippen molar-refractivity contribution in [3.05, 3.63) is 0 Å². The Bertz CT molecular complexity index is 316. The molecule has 0 spiro atoms. The number of carbonyl (C=O) groups is 2. The molecule has 0 amide bonds. The fraction of sp³-hybridized carbons (Fsp3) is 0.857. The lowest BCUT2D eigenvalue weighted by Gasteiger charge is -2.27. The van der Waals surface area contributed by atoms with Crippen LogP contribution in [0.3, 0.4) is 0 Å². The quantitative estimate of drug-likeness (QED) is 0.749. The van der Waals surface area contributed by atoms with Crippen LogP contribution in [0, 0.1) is 0 Å². The second-order valence-corrected chi connectivity index (χ2v) is 6.18. The minimum atomic E-state index is -0.989. The molecule has 5 heteroatoms. The van der Waals surface area contributed by atoms with E-state index < -0.39 is 23.6 Å². The average Bonchev–Trinajstić information content (AvgIpc) is 2.26. The zero-order valence-corrected chi connectivity index (χ0v) is 12.1. The zero-order valence-electron chi connectivity index (χ0n) is 12.1. The lowest BCUT2D eigenvalue weighted by Crippen LogP contribution is -2.46. The summed E-state index contributed by atoms with van der Waals surface area (Å²) in [4.78, 5) is 22.9. The van der Waals surface area contributed by atoms with E-state index in [0.29, 0.717) is 0 Å². The van der Waals surface area contributed by atoms with Gasteiger partial charge >= 0.3 is 11.9 Å². The molecule has 1 atom stereocenters. The zero-order chi connectivity index (χ0) is 14.5. The molecule has 19 heavy (non-hydrogen) atoms. The molecule has 1 aliphatic rings. The van der Waals surface area contributed by atoms with Crippen molar-refractivity contribution in [1.82, 2.24) is 5.32 Å². The predicted molar refractivity (Wildman–Crippen MR) is 71.9 cm³/mol. The Hall–Kier alpha value is -1.10. The highest BCUT2D eigenvalue weighted by Gasteiger charge is 2.27. The largest absolute Gasteiger partial charge is 0.480 e. The van der Waals surface area contributed by atoms with Crippen molar-refractivity contribution in [2.45, 2.75) is 77.0 Å². The number of rotatable bonds is 5. The third-order valence-electron chi connectivity index (χ3n) is 3.13. The minimum absolute atomic E-state index is 0.122. The first-order chi connectivity index (χ1) is 8.78. The molecule has 1 saturated carbocycles. The van der Waals surface area contributed by atoms with E-state index in [1.165, 1.54) is 6.42 Å². The van der Waals surface area contributed by atoms with Crippen LogP contribution in [0.4, 0.5) is 0 Å². The Morgan fingerprint density at radius 2 is 1.84 bits per heavy atom. The molecule has 0 aliphatic heterocycles. The van der Waals surface area contributed by atoms with E-state index in [9.17, 15) is 14.7 Å². The monoisotopic (exact) mass is 271 g/mol. The lowest BCUT2D eigenvalue weighted by atomic mass is 9.94. The first-order valence-electron chi connectivity index (χ1n) is 6.98. The molecule has 110 valence electrons. The third kappa shape index (κ3) is 6.57. The van der Waals surface area contributed by atoms with E-state index in [1.807, 2.05) is 0 Å². The van der Waals surface area contributed by atoms with Crippen molar-refractivity contribution >= 4 is 11.9 Å². The van der Waals surface area contributed by atoms with Gasteiger partial charge in [-0.2, -0.15) is 0 Å². The first kappa shape index (κ1) is 16.0. The minimum Gasteiger partial charge on any atom is -0.480 e. The van der Waals surface area contributed by atoms with Gasteiger partial charge in [-0.1, -0.05) is 19.3 Å². The highest BCUT2D eigenvalue weighted by Crippen LogP contribution is 2.18. The van der Waals surface area contributed by atoms with Gasteiger partial charge < -0.3 is 15.2 Å². The number of nitrogens with one attached hydrogen (secondary N) is 1. The van der Waals surface area contributed by atoms with Gasteiger partial charge in [0.25, 0.3) is 0 Å². The van der Waals surface area contributed by atoms with Gasteiger partial charge in [0.1, 0.15) is 11.6 Å². The molecule has 5 nitrogen and oxygen atoms in total. The third-order valence-corrected chi connectivity index (χ3v) is 3.13. The van der Waals surface area contributed by atoms with Gasteiger partial charge in [-0.25, -0.2) is 0 Å². The van der Waals surface area contributed by atoms with Crippen LogP contribution in [0.2, 0.25) is 0 Å². The maximum atomic E-state index is 11.7. The molecule has 1 rings (SSSR count). The Morgan fingerprint density at radius 3 is 2.32 bits per heavy atom. The summed E-state index contributed by atoms with van der Waals surface area (Å²) in [5.41, 5.74) is -0.578. The molecule has 0 unspecified atom stereocenters. The lowest BCUT2D eigenvalue weighted by molar-refractivity contribution is -0.158. The number of carboxylic acids is 1. The number of carboxylic acid groups (broad SMARTS) is 1. The van der Waals surface area contributed by atoms with Crippen molar-refractivity contribution in [3.63, 3.8) is 0 Å². The standard InChI is InChI=1S/C14H25NO4/c1-14(2,3)19-12(16)9-11(13(17)18)15-10-7-5-4-6-8-10/h10-11,15H,4-9H2,1-3H3,(H,17,18)/t11-/m0/s1. The SMILES string of the molecule is CC(C)(C)OC(=O)C[C@H](NC1CCCCC1)C(=O)O. The highest BCUT2D eigenvalue weighted by atomic mass is 16.6. The molecule has 0 heterocycles. The maximum Gasteiger partial charge on any atom is 0.321 e. The molecule has 1 fully saturated rings. The van der Waals surface area contributed by atoms with Crippen molar-refractivity contribution < 1.29 is 19.4 Å². The molecule has 0 bridgehead atoms. The second-order valence-electron chi connectivity index (χ2n) is 6.18. The summed E-state index contributed by atoms with van der Waals surface area (Å²) in [7, 11) is 0. The summed E-state index contributed by atoms with van der Waals surface area (Å²) < 4.78 is 5.17. The summed E-state index contributed by atoms with van der Waals surface area (Å²) in [5.74, 6) is -1.46. The number of ether oxygens (including phenoxy) is 1. The van der Waals surface area contributed by atoms with Crippen molar-refractivity contribution in [2.24, 2.45) is 0 Å². The predicted octanol–water partition coefficient (Wildman–Crippen LogP) is 2.09. The Morgan fingerprint density at radius 1 is 1.26 bits per heavy atom. The molecule has 0 saturated heterocycles. The molecule has 0 aromatic rings. The average molecular weight is 271 g/mol. The number of carbonyl (C=O) groups excluding carboxylic acids is 1. The topological polar surface area (TPSA) is 75.6 Å². The van der Waals surface area contributed by atoms with Crippen LogP contribution in [-0.2, 0) is 14.3 Å². The van der Waals surface area contributed by atoms with E-state index in [2.05, 4.69) is 5.32 Å². The second kappa shape index (κ2) is 6.89. The van der Waals surface area contributed by atoms with Gasteiger partial charge in [0, 0.05) is 6.04 Å². The summed E-state index contributed by atoms with van der Waals surface area (Å²) in [6, 6.07) is -0.643. The highest BCUT2D eigenvalue weighted by molar-refractivity contribution is 5.81. The van der Waals surface area contributed by atoms with Gasteiger partial charge in [0.05, 0.1) is 6.42 Å². The van der Waals surface area contributed by atoms with Gasteiger partial charge in [0.2, 0.25) is 0 Å². The number of esters is 1. The van der Waals surface area contributed by atoms with Crippen LogP contribution in [0.25, 0.3) is 0 Å². The summed E-state index contributed by atoms with van der Waals surface area (Å²) >= 11 is 0. The number of hydrogen-bond acceptors (Lipinski definition) is 4. The van der Waals surface area contributed by atoms with Crippen LogP contribution in [0.1, 0.15) is 59.3 Å². The van der Waals surface area contributed by atoms with Crippen molar-refractivity contribution in [3.8, 4) is 0 Å². The fourth-order valence-corrected chi connectivity index (χ4v) is 2.32. The van der Waals surface area contributed by atoms with Crippen LogP contribution in [0.5, 0.6) is 0 Å². The van der Waals surface area contributed by atoms with Crippen molar-refractivity contribution in [1.29, 1.82) is 0 Å². The van der Waals surface area contributed by atoms with Gasteiger partial charge in [0.15, 0.2) is 0 Å². The smallest absolute Gasteiger partial charge is 0.321 e. The van der Waals surface area contributed by atoms with Gasteiger partial charge in [-0.15, -0.1) is 0 Å². The van der Waals surface area contributed by atoms with Gasteiger partial charge in [-0.3, -0.25) is 9.59 Å². The molecular formula is C14H25NO4. The summed E-state index contributed by atoms with van der Waals surface area (Å²) in [5, 5.41) is 12.3. The number of aliphatic carboxylic acids is 1. The first-order valence-corrected chi connectivity index (χ1v) is 6.98. The van der Waals surface area contributed by atoms with Crippen LogP contribution in [0.15, 0.2) is 0 Å². The van der Waals surface area contributed by atoms with Crippen LogP contribution in [-0.4, -0.2) is 34.7 Å². The molecule has 2 N–H and O–H groups in total. The van der Waals surface area contributed by atoms with Gasteiger partial charge in [-0.05, 0) is 33.6 Å². The normalized spacial score (nSPS) is 18.9. The number of hydrogen-bond donors (Lipinski definition) is 2. The molecule has 0 aromatic heterocycles. The van der Waals surface area contributed by atoms with E-state index >= 15 is 0 Å². The van der Waals surface area contributed by atoms with Crippen LogP contribution >= 0.6 is 0 Å². The molecule has 1 aliphatic carbocycles. The molecular weight excluding hydrogens is 246 g/mol. The van der Waals surface area contributed by atoms with E-state index in [1.54, 1.807) is 20.8 Å². The Kier molecular flexibility index (Phi) is 5.79. The molecule has 0 aromatic carbocycles. The van der Waals surface area contributed by atoms with E-state index in [-0.39, 0.29) is 12.5 Å². The van der Waals surface area contributed by atoms with E-state index in [4.69, 9.17) is 4.74 Å². The fourth-order valence-electron chi connectivity index (χ4n) is 2.32. The summed E-state index contributed by atoms with van der Waals surface area (Å²) in [6.45, 7) is 5.32. The maximum absolute atomic E-state index is 11.7. The summed E-state index contributed by atoms with van der Waals surface area (Å²) in [6.07, 6.45) is 5.30. The van der Waals surface area contributed by atoms with Crippen molar-refractivity contribution in [2.75, 3.05) is 0 Å². The van der Waals surface area contributed by atoms with Crippen LogP contribution < -0.4 is 5.32 Å². The Balaban J connectivity index is 2.48. The molecule has 0 radical (unpaired) electrons. The Labute approximate surface area is 114 Å². The van der Waals surface area contributed by atoms with E-state index in [0.717, 1.165) is 25.7 Å².